The molecule has 5 atom stereocenters. The lowest BCUT2D eigenvalue weighted by atomic mass is 9.70. The highest BCUT2D eigenvalue weighted by Gasteiger charge is 2.50. The molecule has 1 fully saturated rings. The van der Waals surface area contributed by atoms with E-state index < -0.39 is 23.9 Å². The van der Waals surface area contributed by atoms with Gasteiger partial charge in [0.1, 0.15) is 6.10 Å². The molecule has 0 bridgehead atoms. The van der Waals surface area contributed by atoms with E-state index in [0.29, 0.717) is 30.1 Å². The zero-order valence-electron chi connectivity index (χ0n) is 16.0. The van der Waals surface area contributed by atoms with Gasteiger partial charge in [-0.3, -0.25) is 0 Å². The molecule has 1 saturated heterocycles. The van der Waals surface area contributed by atoms with Gasteiger partial charge < -0.3 is 29.2 Å². The van der Waals surface area contributed by atoms with Gasteiger partial charge in [-0.15, -0.1) is 0 Å². The second kappa shape index (κ2) is 7.10. The van der Waals surface area contributed by atoms with Crippen LogP contribution in [-0.2, 0) is 4.74 Å². The normalized spacial score (nSPS) is 33.9. The lowest BCUT2D eigenvalue weighted by Crippen LogP contribution is -2.55. The highest BCUT2D eigenvalue weighted by Crippen LogP contribution is 2.50. The number of ether oxygens (including phenoxy) is 4. The molecule has 0 amide bonds. The zero-order chi connectivity index (χ0) is 19.1. The molecule has 0 aromatic heterocycles. The molecule has 0 radical (unpaired) electrons. The van der Waals surface area contributed by atoms with Crippen LogP contribution in [0.1, 0.15) is 38.4 Å². The fourth-order valence-corrected chi connectivity index (χ4v) is 4.15. The maximum absolute atomic E-state index is 11.1. The predicted molar refractivity (Wildman–Crippen MR) is 96.8 cm³/mol. The van der Waals surface area contributed by atoms with Crippen molar-refractivity contribution in [2.45, 2.75) is 50.6 Å². The van der Waals surface area contributed by atoms with Crippen molar-refractivity contribution in [3.05, 3.63) is 29.3 Å². The quantitative estimate of drug-likeness (QED) is 0.800. The number of methoxy groups -OCH3 is 3. The number of allylic oxidation sites excluding steroid dienone is 1. The third-order valence-electron chi connectivity index (χ3n) is 5.67. The Bertz CT molecular complexity index is 696. The first-order valence-corrected chi connectivity index (χ1v) is 8.85. The summed E-state index contributed by atoms with van der Waals surface area (Å²) in [6.07, 6.45) is 1.46. The molecular weight excluding hydrogens is 336 g/mol. The van der Waals surface area contributed by atoms with Gasteiger partial charge in [-0.25, -0.2) is 0 Å². The molecule has 0 spiro atoms. The predicted octanol–water partition coefficient (Wildman–Crippen LogP) is 2.62. The Morgan fingerprint density at radius 1 is 1.12 bits per heavy atom. The molecule has 0 saturated carbocycles. The minimum absolute atomic E-state index is 0.149. The molecule has 1 heterocycles. The third-order valence-corrected chi connectivity index (χ3v) is 5.67. The van der Waals surface area contributed by atoms with E-state index in [1.165, 1.54) is 0 Å². The van der Waals surface area contributed by atoms with Crippen molar-refractivity contribution < 1.29 is 29.2 Å². The smallest absolute Gasteiger partial charge is 0.203 e. The maximum Gasteiger partial charge on any atom is 0.203 e. The second-order valence-electron chi connectivity index (χ2n) is 7.31. The van der Waals surface area contributed by atoms with Crippen LogP contribution in [0.2, 0.25) is 0 Å². The molecule has 2 aliphatic rings. The number of rotatable bonds is 4. The summed E-state index contributed by atoms with van der Waals surface area (Å²) in [5.41, 5.74) is 0.675. The summed E-state index contributed by atoms with van der Waals surface area (Å²) in [6.45, 7) is 3.70. The summed E-state index contributed by atoms with van der Waals surface area (Å²) >= 11 is 0. The lowest BCUT2D eigenvalue weighted by Gasteiger charge is -2.49. The summed E-state index contributed by atoms with van der Waals surface area (Å²) in [7, 11) is 4.68. The second-order valence-corrected chi connectivity index (χ2v) is 7.31. The van der Waals surface area contributed by atoms with Crippen molar-refractivity contribution in [3.63, 3.8) is 0 Å². The maximum atomic E-state index is 11.1. The van der Waals surface area contributed by atoms with Crippen LogP contribution in [0.15, 0.2) is 23.8 Å². The fourth-order valence-electron chi connectivity index (χ4n) is 4.15. The third kappa shape index (κ3) is 3.06. The van der Waals surface area contributed by atoms with Crippen LogP contribution in [-0.4, -0.2) is 49.4 Å². The molecule has 26 heavy (non-hydrogen) atoms. The first-order chi connectivity index (χ1) is 12.3. The average molecular weight is 364 g/mol. The van der Waals surface area contributed by atoms with Gasteiger partial charge in [-0.05, 0) is 38.0 Å². The minimum Gasteiger partial charge on any atom is -0.493 e. The Balaban J connectivity index is 2.01. The Morgan fingerprint density at radius 2 is 1.81 bits per heavy atom. The van der Waals surface area contributed by atoms with Crippen molar-refractivity contribution in [2.75, 3.05) is 21.3 Å². The van der Waals surface area contributed by atoms with Gasteiger partial charge in [-0.1, -0.05) is 6.08 Å². The van der Waals surface area contributed by atoms with E-state index in [1.807, 2.05) is 26.0 Å². The molecule has 1 aromatic carbocycles. The highest BCUT2D eigenvalue weighted by molar-refractivity contribution is 5.56. The summed E-state index contributed by atoms with van der Waals surface area (Å²) < 4.78 is 22.7. The fraction of sp³-hybridized carbons (Fsp3) is 0.600. The topological polar surface area (TPSA) is 77.4 Å². The summed E-state index contributed by atoms with van der Waals surface area (Å²) in [5.74, 6) is 1.41. The van der Waals surface area contributed by atoms with Crippen molar-refractivity contribution in [3.8, 4) is 17.2 Å². The van der Waals surface area contributed by atoms with Crippen LogP contribution >= 0.6 is 0 Å². The molecule has 1 aliphatic carbocycles. The molecule has 2 N–H and O–H groups in total. The molecule has 2 unspecified atom stereocenters. The molecule has 6 heteroatoms. The van der Waals surface area contributed by atoms with E-state index in [4.69, 9.17) is 18.9 Å². The van der Waals surface area contributed by atoms with E-state index in [9.17, 15) is 10.2 Å². The lowest BCUT2D eigenvalue weighted by molar-refractivity contribution is -0.206. The Labute approximate surface area is 154 Å². The summed E-state index contributed by atoms with van der Waals surface area (Å²) in [6, 6.07) is 3.66. The van der Waals surface area contributed by atoms with Gasteiger partial charge in [0.05, 0.1) is 39.1 Å². The Kier molecular flexibility index (Phi) is 5.19. The van der Waals surface area contributed by atoms with Gasteiger partial charge in [0.15, 0.2) is 11.5 Å². The number of hydrogen-bond donors (Lipinski definition) is 2. The largest absolute Gasteiger partial charge is 0.493 e. The molecule has 144 valence electrons. The van der Waals surface area contributed by atoms with Gasteiger partial charge in [0.2, 0.25) is 5.75 Å². The summed E-state index contributed by atoms with van der Waals surface area (Å²) in [5, 5.41) is 21.7. The SMILES string of the molecule is COc1ccc(C2CC(C)(O)[C@@H]3CC=C(C)[C@@H](O)[C@@H]3O2)c(OC)c1OC. The minimum atomic E-state index is -0.968. The Hall–Kier alpha value is -1.76. The van der Waals surface area contributed by atoms with Crippen LogP contribution < -0.4 is 14.2 Å². The van der Waals surface area contributed by atoms with Gasteiger partial charge in [0.25, 0.3) is 0 Å². The number of hydrogen-bond acceptors (Lipinski definition) is 6. The van der Waals surface area contributed by atoms with E-state index in [0.717, 1.165) is 11.1 Å². The van der Waals surface area contributed by atoms with E-state index >= 15 is 0 Å². The molecule has 6 nitrogen and oxygen atoms in total. The van der Waals surface area contributed by atoms with Crippen LogP contribution in [0, 0.1) is 5.92 Å². The average Bonchev–Trinajstić information content (AvgIpc) is 2.62. The van der Waals surface area contributed by atoms with Gasteiger partial charge in [-0.2, -0.15) is 0 Å². The molecule has 1 aliphatic heterocycles. The zero-order valence-corrected chi connectivity index (χ0v) is 16.0. The van der Waals surface area contributed by atoms with Crippen molar-refractivity contribution in [1.29, 1.82) is 0 Å². The van der Waals surface area contributed by atoms with E-state index in [1.54, 1.807) is 27.4 Å². The molecular formula is C20H28O6. The first-order valence-electron chi connectivity index (χ1n) is 8.85. The van der Waals surface area contributed by atoms with Crippen LogP contribution in [0.25, 0.3) is 0 Å². The standard InChI is InChI=1S/C20H28O6/c1-11-6-8-13-18(16(11)21)26-15(10-20(13,2)22)12-7-9-14(23-3)19(25-5)17(12)24-4/h6-7,9,13,15-16,18,21-22H,8,10H2,1-5H3/t13-,15?,16-,18-,20?/m1/s1. The monoisotopic (exact) mass is 364 g/mol. The van der Waals surface area contributed by atoms with Crippen LogP contribution in [0.5, 0.6) is 17.2 Å². The number of aliphatic hydroxyl groups is 2. The van der Waals surface area contributed by atoms with Gasteiger partial charge in [0, 0.05) is 17.9 Å². The van der Waals surface area contributed by atoms with E-state index in [2.05, 4.69) is 0 Å². The molecule has 3 rings (SSSR count). The molecule has 1 aromatic rings. The van der Waals surface area contributed by atoms with E-state index in [-0.39, 0.29) is 5.92 Å². The number of fused-ring (bicyclic) bond motifs is 1. The van der Waals surface area contributed by atoms with Crippen molar-refractivity contribution in [1.82, 2.24) is 0 Å². The van der Waals surface area contributed by atoms with Crippen LogP contribution in [0.3, 0.4) is 0 Å². The Morgan fingerprint density at radius 3 is 2.42 bits per heavy atom. The van der Waals surface area contributed by atoms with Crippen molar-refractivity contribution >= 4 is 0 Å². The number of benzene rings is 1. The van der Waals surface area contributed by atoms with Gasteiger partial charge >= 0.3 is 0 Å². The van der Waals surface area contributed by atoms with Crippen molar-refractivity contribution in [2.24, 2.45) is 5.92 Å². The first kappa shape index (κ1) is 19.0. The highest BCUT2D eigenvalue weighted by atomic mass is 16.5. The summed E-state index contributed by atoms with van der Waals surface area (Å²) in [4.78, 5) is 0. The number of aliphatic hydroxyl groups excluding tert-OH is 1. The van der Waals surface area contributed by atoms with Crippen LogP contribution in [0.4, 0.5) is 0 Å².